The second-order valence-corrected chi connectivity index (χ2v) is 13.6. The van der Waals surface area contributed by atoms with Crippen molar-refractivity contribution in [1.29, 1.82) is 5.26 Å². The van der Waals surface area contributed by atoms with E-state index in [1.54, 1.807) is 36.1 Å². The lowest BCUT2D eigenvalue weighted by Gasteiger charge is -2.17. The van der Waals surface area contributed by atoms with Gasteiger partial charge in [0.15, 0.2) is 17.3 Å². The molecule has 12 nitrogen and oxygen atoms in total. The summed E-state index contributed by atoms with van der Waals surface area (Å²) >= 11 is 0. The number of nitrogens with zero attached hydrogens (tertiary/aromatic N) is 6. The fraction of sp³-hybridized carbons (Fsp3) is 0.286. The number of hydrogen-bond donors (Lipinski definition) is 3. The van der Waals surface area contributed by atoms with Gasteiger partial charge in [-0.15, -0.1) is 10.2 Å². The van der Waals surface area contributed by atoms with Crippen LogP contribution >= 0.6 is 7.14 Å². The molecule has 2 aliphatic rings. The van der Waals surface area contributed by atoms with Crippen molar-refractivity contribution in [2.45, 2.75) is 37.0 Å². The molecule has 4 N–H and O–H groups in total. The summed E-state index contributed by atoms with van der Waals surface area (Å²) in [6.45, 7) is 0. The van der Waals surface area contributed by atoms with Gasteiger partial charge in [-0.3, -0.25) is 9.48 Å². The Labute approximate surface area is 236 Å². The summed E-state index contributed by atoms with van der Waals surface area (Å²) in [5.41, 5.74) is 9.51. The number of amides is 1. The summed E-state index contributed by atoms with van der Waals surface area (Å²) < 4.78 is 21.8. The Morgan fingerprint density at radius 3 is 2.44 bits per heavy atom. The Morgan fingerprint density at radius 1 is 1.07 bits per heavy atom. The van der Waals surface area contributed by atoms with Gasteiger partial charge in [-0.2, -0.15) is 10.4 Å². The van der Waals surface area contributed by atoms with Crippen molar-refractivity contribution >= 4 is 41.5 Å². The minimum Gasteiger partial charge on any atom is -0.494 e. The maximum absolute atomic E-state index is 14.2. The molecule has 0 spiro atoms. The van der Waals surface area contributed by atoms with E-state index in [0.29, 0.717) is 45.6 Å². The molecule has 0 unspecified atom stereocenters. The molecule has 6 rings (SSSR count). The molecule has 1 amide bonds. The van der Waals surface area contributed by atoms with E-state index in [9.17, 15) is 9.36 Å². The smallest absolute Gasteiger partial charge is 0.271 e. The Bertz CT molecular complexity index is 1720. The molecular formula is C28H28N9O3P. The number of rotatable bonds is 10. The summed E-state index contributed by atoms with van der Waals surface area (Å²) in [6.07, 6.45) is 5.48. The van der Waals surface area contributed by atoms with Crippen LogP contribution in [-0.4, -0.2) is 49.3 Å². The second-order valence-electron chi connectivity index (χ2n) is 10.2. The first-order valence-electron chi connectivity index (χ1n) is 13.2. The highest BCUT2D eigenvalue weighted by molar-refractivity contribution is 7.73. The largest absolute Gasteiger partial charge is 0.494 e. The van der Waals surface area contributed by atoms with Crippen LogP contribution in [0.25, 0.3) is 11.3 Å². The van der Waals surface area contributed by atoms with Gasteiger partial charge in [-0.05, 0) is 56.0 Å². The van der Waals surface area contributed by atoms with Gasteiger partial charge in [0.25, 0.3) is 5.91 Å². The lowest BCUT2D eigenvalue weighted by molar-refractivity contribution is 0.0995. The molecule has 0 bridgehead atoms. The number of aromatic nitrogens is 5. The average Bonchev–Trinajstić information content (AvgIpc) is 3.90. The van der Waals surface area contributed by atoms with E-state index in [1.165, 1.54) is 6.20 Å². The highest BCUT2D eigenvalue weighted by atomic mass is 31.2. The topological polar surface area (TPSA) is 174 Å². The van der Waals surface area contributed by atoms with Gasteiger partial charge in [0.1, 0.15) is 19.0 Å². The van der Waals surface area contributed by atoms with Crippen molar-refractivity contribution in [3.8, 4) is 23.1 Å². The number of nitrogens with two attached hydrogens (primary N) is 1. The van der Waals surface area contributed by atoms with Crippen LogP contribution in [0.1, 0.15) is 41.7 Å². The average molecular weight is 570 g/mol. The van der Waals surface area contributed by atoms with Crippen molar-refractivity contribution in [3.05, 3.63) is 59.9 Å². The molecular weight excluding hydrogens is 541 g/mol. The Morgan fingerprint density at radius 2 is 1.83 bits per heavy atom. The molecule has 13 heteroatoms. The van der Waals surface area contributed by atoms with Crippen LogP contribution in [-0.2, 0) is 11.6 Å². The fourth-order valence-corrected chi connectivity index (χ4v) is 9.10. The molecule has 1 aromatic carbocycles. The maximum Gasteiger partial charge on any atom is 0.271 e. The third-order valence-electron chi connectivity index (χ3n) is 7.33. The maximum atomic E-state index is 14.2. The number of anilines is 4. The van der Waals surface area contributed by atoms with Crippen LogP contribution in [0.3, 0.4) is 0 Å². The zero-order chi connectivity index (χ0) is 28.7. The van der Waals surface area contributed by atoms with Crippen LogP contribution in [0, 0.1) is 11.3 Å². The van der Waals surface area contributed by atoms with E-state index < -0.39 is 13.0 Å². The monoisotopic (exact) mass is 569 g/mol. The summed E-state index contributed by atoms with van der Waals surface area (Å²) in [6, 6.07) is 14.3. The van der Waals surface area contributed by atoms with Gasteiger partial charge in [0.05, 0.1) is 35.2 Å². The van der Waals surface area contributed by atoms with Gasteiger partial charge < -0.3 is 25.7 Å². The molecule has 208 valence electrons. The van der Waals surface area contributed by atoms with Crippen LogP contribution in [0.4, 0.5) is 23.0 Å². The molecule has 4 aromatic rings. The molecule has 0 atom stereocenters. The molecule has 3 aromatic heterocycles. The summed E-state index contributed by atoms with van der Waals surface area (Å²) in [5.74, 6) is 0.468. The molecule has 41 heavy (non-hydrogen) atoms. The van der Waals surface area contributed by atoms with Crippen LogP contribution in [0.2, 0.25) is 0 Å². The molecule has 0 radical (unpaired) electrons. The van der Waals surface area contributed by atoms with Gasteiger partial charge in [-0.25, -0.2) is 4.98 Å². The van der Waals surface area contributed by atoms with Gasteiger partial charge >= 0.3 is 0 Å². The number of aryl methyl sites for hydroxylation is 1. The van der Waals surface area contributed by atoms with Crippen molar-refractivity contribution in [2.24, 2.45) is 12.8 Å². The summed E-state index contributed by atoms with van der Waals surface area (Å²) in [7, 11) is 0.875. The fourth-order valence-electron chi connectivity index (χ4n) is 5.10. The number of methoxy groups -OCH3 is 1. The zero-order valence-corrected chi connectivity index (χ0v) is 23.4. The third kappa shape index (κ3) is 5.00. The van der Waals surface area contributed by atoms with E-state index in [4.69, 9.17) is 20.8 Å². The standard InChI is InChI=1S/C28H28N9O3P/c1-37-25(41(39,17-7-8-17)18-9-10-18)13-21(36-37)19-4-3-5-20(27(19)40-2)32-22-12-24(34-35-26(22)28(30)38)33-23-11-6-16(14-29)15-31-23/h3-6,11-13,15,17-18H,7-10H2,1-2H3,(H2,30,38)(H2,31,32,33,34). The number of hydrogen-bond acceptors (Lipinski definition) is 10. The number of para-hydroxylation sites is 1. The van der Waals surface area contributed by atoms with E-state index in [1.807, 2.05) is 31.3 Å². The summed E-state index contributed by atoms with van der Waals surface area (Å²) in [5, 5.41) is 28.0. The van der Waals surface area contributed by atoms with Crippen LogP contribution in [0.5, 0.6) is 5.75 Å². The van der Waals surface area contributed by atoms with Gasteiger partial charge in [0, 0.05) is 36.2 Å². The Kier molecular flexibility index (Phi) is 6.67. The zero-order valence-electron chi connectivity index (χ0n) is 22.5. The highest BCUT2D eigenvalue weighted by Gasteiger charge is 2.53. The molecule has 0 aliphatic heterocycles. The van der Waals surface area contributed by atoms with Gasteiger partial charge in [0.2, 0.25) is 0 Å². The number of primary amides is 1. The first kappa shape index (κ1) is 26.5. The Balaban J connectivity index is 1.34. The number of pyridine rings is 1. The number of nitrogens with one attached hydrogen (secondary N) is 2. The van der Waals surface area contributed by atoms with E-state index in [0.717, 1.165) is 31.1 Å². The lowest BCUT2D eigenvalue weighted by atomic mass is 10.1. The summed E-state index contributed by atoms with van der Waals surface area (Å²) in [4.78, 5) is 16.4. The normalized spacial score (nSPS) is 14.8. The van der Waals surface area contributed by atoms with Crippen molar-refractivity contribution in [1.82, 2.24) is 25.0 Å². The number of ether oxygens (including phenoxy) is 1. The SMILES string of the molecule is COc1c(Nc2cc(Nc3ccc(C#N)cn3)nnc2C(N)=O)cccc1-c1cc(P(=O)(C2CC2)C2CC2)n(C)n1. The van der Waals surface area contributed by atoms with E-state index in [-0.39, 0.29) is 17.0 Å². The van der Waals surface area contributed by atoms with Crippen molar-refractivity contribution < 1.29 is 14.1 Å². The third-order valence-corrected chi connectivity index (χ3v) is 11.7. The molecule has 2 saturated carbocycles. The first-order chi connectivity index (χ1) is 19.8. The molecule has 2 aliphatic carbocycles. The van der Waals surface area contributed by atoms with Gasteiger partial charge in [-0.1, -0.05) is 6.07 Å². The molecule has 0 saturated heterocycles. The predicted octanol–water partition coefficient (Wildman–Crippen LogP) is 4.05. The Hall–Kier alpha value is -4.75. The van der Waals surface area contributed by atoms with Crippen molar-refractivity contribution in [2.75, 3.05) is 17.7 Å². The predicted molar refractivity (Wildman–Crippen MR) is 155 cm³/mol. The minimum atomic E-state index is -2.53. The minimum absolute atomic E-state index is 0.0641. The first-order valence-corrected chi connectivity index (χ1v) is 15.1. The van der Waals surface area contributed by atoms with Crippen molar-refractivity contribution in [3.63, 3.8) is 0 Å². The van der Waals surface area contributed by atoms with E-state index >= 15 is 0 Å². The number of benzene rings is 1. The van der Waals surface area contributed by atoms with E-state index in [2.05, 4.69) is 25.8 Å². The highest BCUT2D eigenvalue weighted by Crippen LogP contribution is 2.69. The number of carbonyl (C=O) groups is 1. The molecule has 2 fully saturated rings. The lowest BCUT2D eigenvalue weighted by Crippen LogP contribution is -2.20. The number of nitriles is 1. The van der Waals surface area contributed by atoms with Crippen LogP contribution in [0.15, 0.2) is 48.7 Å². The quantitative estimate of drug-likeness (QED) is 0.236. The number of carbonyl (C=O) groups excluding carboxylic acids is 1. The van der Waals surface area contributed by atoms with Crippen LogP contribution < -0.4 is 26.5 Å². The molecule has 3 heterocycles. The second kappa shape index (κ2) is 10.3.